The van der Waals surface area contributed by atoms with E-state index in [4.69, 9.17) is 5.73 Å². The van der Waals surface area contributed by atoms with Gasteiger partial charge >= 0.3 is 0 Å². The van der Waals surface area contributed by atoms with Crippen molar-refractivity contribution in [1.82, 2.24) is 14.3 Å². The van der Waals surface area contributed by atoms with Crippen molar-refractivity contribution in [1.29, 1.82) is 0 Å². The molecule has 5 nitrogen and oxygen atoms in total. The smallest absolute Gasteiger partial charge is 0.251 e. The molecule has 0 aliphatic carbocycles. The van der Waals surface area contributed by atoms with Crippen molar-refractivity contribution in [2.45, 2.75) is 26.9 Å². The van der Waals surface area contributed by atoms with Gasteiger partial charge in [-0.3, -0.25) is 9.48 Å². The van der Waals surface area contributed by atoms with Crippen molar-refractivity contribution in [3.05, 3.63) is 58.1 Å². The van der Waals surface area contributed by atoms with Crippen molar-refractivity contribution in [3.63, 3.8) is 0 Å². The van der Waals surface area contributed by atoms with Crippen LogP contribution in [0.1, 0.15) is 18.2 Å². The summed E-state index contributed by atoms with van der Waals surface area (Å²) in [6, 6.07) is 9.62. The van der Waals surface area contributed by atoms with Crippen LogP contribution < -0.4 is 11.3 Å². The molecule has 108 valence electrons. The first kappa shape index (κ1) is 13.4. The fourth-order valence-corrected chi connectivity index (χ4v) is 2.52. The van der Waals surface area contributed by atoms with Crippen LogP contribution in [0, 0.1) is 6.92 Å². The van der Waals surface area contributed by atoms with E-state index in [-0.39, 0.29) is 5.56 Å². The van der Waals surface area contributed by atoms with Gasteiger partial charge < -0.3 is 10.3 Å². The molecule has 2 heterocycles. The molecule has 0 radical (unpaired) electrons. The summed E-state index contributed by atoms with van der Waals surface area (Å²) in [5, 5.41) is 5.69. The van der Waals surface area contributed by atoms with Gasteiger partial charge in [0.1, 0.15) is 0 Å². The normalized spacial score (nSPS) is 11.1. The first-order valence-electron chi connectivity index (χ1n) is 7.01. The zero-order chi connectivity index (χ0) is 15.0. The maximum atomic E-state index is 12.1. The molecule has 3 rings (SSSR count). The zero-order valence-electron chi connectivity index (χ0n) is 12.2. The topological polar surface area (TPSA) is 65.8 Å². The Morgan fingerprint density at radius 1 is 1.29 bits per heavy atom. The summed E-state index contributed by atoms with van der Waals surface area (Å²) in [6.45, 7) is 5.11. The monoisotopic (exact) mass is 282 g/mol. The Bertz CT molecular complexity index is 860. The number of aromatic nitrogens is 3. The van der Waals surface area contributed by atoms with Gasteiger partial charge in [0.25, 0.3) is 5.56 Å². The number of rotatable bonds is 3. The maximum Gasteiger partial charge on any atom is 0.251 e. The van der Waals surface area contributed by atoms with E-state index in [9.17, 15) is 4.79 Å². The van der Waals surface area contributed by atoms with E-state index in [0.717, 1.165) is 28.7 Å². The lowest BCUT2D eigenvalue weighted by Crippen LogP contribution is -2.21. The molecule has 2 N–H and O–H groups in total. The van der Waals surface area contributed by atoms with Crippen LogP contribution in [0.5, 0.6) is 0 Å². The van der Waals surface area contributed by atoms with Crippen molar-refractivity contribution in [3.8, 4) is 0 Å². The molecule has 0 aliphatic rings. The molecule has 0 saturated heterocycles. The average molecular weight is 282 g/mol. The molecular weight excluding hydrogens is 264 g/mol. The lowest BCUT2D eigenvalue weighted by Gasteiger charge is -2.07. The molecule has 0 atom stereocenters. The number of anilines is 1. The van der Waals surface area contributed by atoms with E-state index >= 15 is 0 Å². The predicted molar refractivity (Wildman–Crippen MR) is 84.4 cm³/mol. The van der Waals surface area contributed by atoms with Gasteiger partial charge in [-0.2, -0.15) is 5.10 Å². The Morgan fingerprint density at radius 3 is 2.81 bits per heavy atom. The van der Waals surface area contributed by atoms with Crippen LogP contribution in [0.4, 0.5) is 5.69 Å². The third-order valence-electron chi connectivity index (χ3n) is 3.73. The van der Waals surface area contributed by atoms with Crippen molar-refractivity contribution >= 4 is 16.6 Å². The van der Waals surface area contributed by atoms with Crippen LogP contribution >= 0.6 is 0 Å². The Kier molecular flexibility index (Phi) is 3.25. The van der Waals surface area contributed by atoms with E-state index < -0.39 is 0 Å². The van der Waals surface area contributed by atoms with E-state index in [2.05, 4.69) is 12.0 Å². The molecule has 0 spiro atoms. The van der Waals surface area contributed by atoms with Crippen molar-refractivity contribution in [2.24, 2.45) is 0 Å². The second kappa shape index (κ2) is 5.09. The molecule has 0 saturated carbocycles. The van der Waals surface area contributed by atoms with Gasteiger partial charge in [-0.15, -0.1) is 0 Å². The minimum absolute atomic E-state index is 0.0585. The molecule has 21 heavy (non-hydrogen) atoms. The molecule has 3 aromatic rings. The lowest BCUT2D eigenvalue weighted by atomic mass is 10.2. The molecular formula is C16H18N4O. The summed E-state index contributed by atoms with van der Waals surface area (Å²) >= 11 is 0. The van der Waals surface area contributed by atoms with Gasteiger partial charge in [-0.25, -0.2) is 0 Å². The molecule has 1 aromatic carbocycles. The predicted octanol–water partition coefficient (Wildman–Crippen LogP) is 2.16. The highest BCUT2D eigenvalue weighted by atomic mass is 16.1. The number of hydrogen-bond acceptors (Lipinski definition) is 3. The third-order valence-corrected chi connectivity index (χ3v) is 3.73. The number of para-hydroxylation sites is 1. The number of benzene rings is 1. The maximum absolute atomic E-state index is 12.1. The summed E-state index contributed by atoms with van der Waals surface area (Å²) in [6.07, 6.45) is 1.69. The summed E-state index contributed by atoms with van der Waals surface area (Å²) in [5.41, 5.74) is 9.24. The second-order valence-corrected chi connectivity index (χ2v) is 5.16. The Morgan fingerprint density at radius 2 is 2.05 bits per heavy atom. The summed E-state index contributed by atoms with van der Waals surface area (Å²) in [7, 11) is 0. The first-order chi connectivity index (χ1) is 10.1. The quantitative estimate of drug-likeness (QED) is 0.800. The molecule has 2 aromatic heterocycles. The molecule has 0 amide bonds. The Labute approximate surface area is 122 Å². The minimum Gasteiger partial charge on any atom is -0.397 e. The molecule has 5 heteroatoms. The van der Waals surface area contributed by atoms with Crippen LogP contribution in [-0.4, -0.2) is 14.3 Å². The van der Waals surface area contributed by atoms with Gasteiger partial charge in [-0.05, 0) is 25.5 Å². The highest BCUT2D eigenvalue weighted by Crippen LogP contribution is 2.19. The number of aryl methyl sites for hydroxylation is 2. The van der Waals surface area contributed by atoms with Crippen LogP contribution in [0.2, 0.25) is 0 Å². The van der Waals surface area contributed by atoms with E-state index in [1.165, 1.54) is 0 Å². The third kappa shape index (κ3) is 2.31. The average Bonchev–Trinajstić information content (AvgIpc) is 2.83. The summed E-state index contributed by atoms with van der Waals surface area (Å²) < 4.78 is 3.56. The van der Waals surface area contributed by atoms with E-state index in [1.54, 1.807) is 16.8 Å². The number of fused-ring (bicyclic) bond motifs is 1. The van der Waals surface area contributed by atoms with Gasteiger partial charge in [0.15, 0.2) is 0 Å². The highest BCUT2D eigenvalue weighted by molar-refractivity contribution is 5.81. The fraction of sp³-hybridized carbons (Fsp3) is 0.250. The standard InChI is InChI=1S/C16H18N4O/c1-3-20-15-7-5-4-6-12(15)14(18-20)10-19-9-13(17)11(2)8-16(19)21/h4-9H,3,10,17H2,1-2H3. The second-order valence-electron chi connectivity index (χ2n) is 5.16. The summed E-state index contributed by atoms with van der Waals surface area (Å²) in [4.78, 5) is 12.1. The van der Waals surface area contributed by atoms with Crippen LogP contribution in [0.3, 0.4) is 0 Å². The van der Waals surface area contributed by atoms with Crippen LogP contribution in [0.15, 0.2) is 41.3 Å². The number of nitrogen functional groups attached to an aromatic ring is 1. The number of pyridine rings is 1. The van der Waals surface area contributed by atoms with Crippen LogP contribution in [-0.2, 0) is 13.1 Å². The van der Waals surface area contributed by atoms with Gasteiger partial charge in [0.2, 0.25) is 0 Å². The fourth-order valence-electron chi connectivity index (χ4n) is 2.52. The van der Waals surface area contributed by atoms with Crippen LogP contribution in [0.25, 0.3) is 10.9 Å². The van der Waals surface area contributed by atoms with Crippen molar-refractivity contribution in [2.75, 3.05) is 5.73 Å². The van der Waals surface area contributed by atoms with Gasteiger partial charge in [0, 0.05) is 24.2 Å². The Hall–Kier alpha value is -2.56. The Balaban J connectivity index is 2.10. The van der Waals surface area contributed by atoms with Gasteiger partial charge in [0.05, 0.1) is 23.4 Å². The van der Waals surface area contributed by atoms with E-state index in [0.29, 0.717) is 12.2 Å². The molecule has 0 unspecified atom stereocenters. The first-order valence-corrected chi connectivity index (χ1v) is 7.01. The largest absolute Gasteiger partial charge is 0.397 e. The number of nitrogens with two attached hydrogens (primary N) is 1. The van der Waals surface area contributed by atoms with Gasteiger partial charge in [-0.1, -0.05) is 18.2 Å². The number of nitrogens with zero attached hydrogens (tertiary/aromatic N) is 3. The SMILES string of the molecule is CCn1nc(Cn2cc(N)c(C)cc2=O)c2ccccc21. The summed E-state index contributed by atoms with van der Waals surface area (Å²) in [5.74, 6) is 0. The van der Waals surface area contributed by atoms with Crippen molar-refractivity contribution < 1.29 is 0 Å². The molecule has 0 aliphatic heterocycles. The number of hydrogen-bond donors (Lipinski definition) is 1. The van der Waals surface area contributed by atoms with E-state index in [1.807, 2.05) is 35.9 Å². The zero-order valence-corrected chi connectivity index (χ0v) is 12.2. The molecule has 0 fully saturated rings. The minimum atomic E-state index is -0.0585. The molecule has 0 bridgehead atoms. The highest BCUT2D eigenvalue weighted by Gasteiger charge is 2.10. The lowest BCUT2D eigenvalue weighted by molar-refractivity contribution is 0.648.